The number of anilines is 2. The monoisotopic (exact) mass is 482 g/mol. The van der Waals surface area contributed by atoms with E-state index in [1.165, 1.54) is 29.2 Å². The Morgan fingerprint density at radius 2 is 1.97 bits per heavy atom. The molecule has 34 heavy (non-hydrogen) atoms. The van der Waals surface area contributed by atoms with Crippen LogP contribution in [-0.4, -0.2) is 51.8 Å². The molecule has 3 heterocycles. The third-order valence-corrected chi connectivity index (χ3v) is 6.77. The molecule has 1 saturated heterocycles. The molecule has 2 amide bonds. The maximum atomic E-state index is 13.0. The molecule has 0 spiro atoms. The number of nitrogens with one attached hydrogen (secondary N) is 2. The summed E-state index contributed by atoms with van der Waals surface area (Å²) in [7, 11) is 0. The topological polar surface area (TPSA) is 126 Å². The predicted octanol–water partition coefficient (Wildman–Crippen LogP) is 2.05. The van der Waals surface area contributed by atoms with Crippen molar-refractivity contribution in [2.24, 2.45) is 5.92 Å². The van der Waals surface area contributed by atoms with Crippen LogP contribution in [0.5, 0.6) is 0 Å². The van der Waals surface area contributed by atoms with Crippen molar-refractivity contribution in [1.29, 1.82) is 0 Å². The highest BCUT2D eigenvalue weighted by atomic mass is 32.1. The second-order valence-electron chi connectivity index (χ2n) is 8.19. The molecule has 4 rings (SSSR count). The summed E-state index contributed by atoms with van der Waals surface area (Å²) in [6.45, 7) is 5.07. The first-order chi connectivity index (χ1) is 16.4. The van der Waals surface area contributed by atoms with Gasteiger partial charge in [0.15, 0.2) is 16.6 Å². The van der Waals surface area contributed by atoms with Gasteiger partial charge in [-0.25, -0.2) is 4.98 Å². The van der Waals surface area contributed by atoms with Crippen molar-refractivity contribution in [1.82, 2.24) is 19.9 Å². The standard InChI is InChI=1S/C23H26N6O4S/c1-3-24-21(32)16-5-4-10-28(11-16)23-27-20-19(34-23)22(33)29(13-25-20)12-18(31)26-17-8-6-15(7-9-17)14(2)30/h6-9,13,16H,3-5,10-12H2,1-2H3,(H,24,32)(H,26,31)/t16-/m1/s1. The van der Waals surface area contributed by atoms with Crippen molar-refractivity contribution in [3.05, 3.63) is 46.5 Å². The van der Waals surface area contributed by atoms with Crippen molar-refractivity contribution in [3.8, 4) is 0 Å². The average molecular weight is 483 g/mol. The number of carbonyl (C=O) groups is 3. The van der Waals surface area contributed by atoms with Crippen molar-refractivity contribution >= 4 is 50.1 Å². The van der Waals surface area contributed by atoms with Gasteiger partial charge < -0.3 is 15.5 Å². The van der Waals surface area contributed by atoms with Gasteiger partial charge in [0.1, 0.15) is 17.6 Å². The first-order valence-electron chi connectivity index (χ1n) is 11.1. The van der Waals surface area contributed by atoms with Crippen LogP contribution in [0, 0.1) is 5.92 Å². The molecule has 1 fully saturated rings. The van der Waals surface area contributed by atoms with Crippen molar-refractivity contribution in [2.75, 3.05) is 29.9 Å². The van der Waals surface area contributed by atoms with Crippen molar-refractivity contribution in [2.45, 2.75) is 33.2 Å². The Bertz CT molecular complexity index is 1280. The number of ketones is 1. The van der Waals surface area contributed by atoms with Crippen molar-refractivity contribution < 1.29 is 14.4 Å². The lowest BCUT2D eigenvalue weighted by Crippen LogP contribution is -2.43. The van der Waals surface area contributed by atoms with E-state index >= 15 is 0 Å². The fourth-order valence-electron chi connectivity index (χ4n) is 3.91. The summed E-state index contributed by atoms with van der Waals surface area (Å²) in [5, 5.41) is 6.24. The van der Waals surface area contributed by atoms with Gasteiger partial charge in [-0.05, 0) is 51.0 Å². The number of benzene rings is 1. The maximum Gasteiger partial charge on any atom is 0.273 e. The van der Waals surface area contributed by atoms with Crippen LogP contribution in [0.3, 0.4) is 0 Å². The van der Waals surface area contributed by atoms with Gasteiger partial charge in [0.25, 0.3) is 5.56 Å². The molecule has 0 saturated carbocycles. The summed E-state index contributed by atoms with van der Waals surface area (Å²) in [5.41, 5.74) is 1.08. The van der Waals surface area contributed by atoms with Crippen LogP contribution in [0.1, 0.15) is 37.0 Å². The number of Topliss-reactive ketones (excluding diaryl/α,β-unsaturated/α-hetero) is 1. The lowest BCUT2D eigenvalue weighted by molar-refractivity contribution is -0.125. The van der Waals surface area contributed by atoms with Crippen LogP contribution in [0.15, 0.2) is 35.4 Å². The summed E-state index contributed by atoms with van der Waals surface area (Å²) < 4.78 is 1.62. The minimum absolute atomic E-state index is 0.0377. The van der Waals surface area contributed by atoms with E-state index in [0.29, 0.717) is 39.8 Å². The smallest absolute Gasteiger partial charge is 0.273 e. The van der Waals surface area contributed by atoms with E-state index in [9.17, 15) is 19.2 Å². The van der Waals surface area contributed by atoms with Gasteiger partial charge in [0.05, 0.1) is 5.92 Å². The maximum absolute atomic E-state index is 13.0. The number of thiazole rings is 1. The van der Waals surface area contributed by atoms with E-state index in [1.54, 1.807) is 24.3 Å². The Morgan fingerprint density at radius 1 is 1.21 bits per heavy atom. The van der Waals surface area contributed by atoms with Gasteiger partial charge in [-0.15, -0.1) is 0 Å². The van der Waals surface area contributed by atoms with Gasteiger partial charge >= 0.3 is 0 Å². The average Bonchev–Trinajstić information content (AvgIpc) is 3.27. The summed E-state index contributed by atoms with van der Waals surface area (Å²) in [5.74, 6) is -0.518. The Hall–Kier alpha value is -3.60. The van der Waals surface area contributed by atoms with E-state index in [0.717, 1.165) is 19.4 Å². The molecule has 178 valence electrons. The molecule has 0 bridgehead atoms. The first-order valence-corrected chi connectivity index (χ1v) is 12.0. The second kappa shape index (κ2) is 10.1. The zero-order valence-electron chi connectivity index (χ0n) is 19.0. The molecule has 1 aromatic carbocycles. The number of carbonyl (C=O) groups excluding carboxylic acids is 3. The summed E-state index contributed by atoms with van der Waals surface area (Å²) in [6, 6.07) is 6.54. The van der Waals surface area contributed by atoms with E-state index in [1.807, 2.05) is 11.8 Å². The van der Waals surface area contributed by atoms with Crippen LogP contribution in [0.25, 0.3) is 10.3 Å². The highest BCUT2D eigenvalue weighted by Crippen LogP contribution is 2.29. The third kappa shape index (κ3) is 5.14. The lowest BCUT2D eigenvalue weighted by atomic mass is 9.97. The number of hydrogen-bond acceptors (Lipinski definition) is 8. The fraction of sp³-hybridized carbons (Fsp3) is 0.391. The van der Waals surface area contributed by atoms with Gasteiger partial charge in [-0.2, -0.15) is 4.98 Å². The molecular weight excluding hydrogens is 456 g/mol. The van der Waals surface area contributed by atoms with E-state index in [2.05, 4.69) is 20.6 Å². The zero-order valence-corrected chi connectivity index (χ0v) is 19.9. The van der Waals surface area contributed by atoms with Crippen LogP contribution in [-0.2, 0) is 16.1 Å². The molecular formula is C23H26N6O4S. The van der Waals surface area contributed by atoms with Gasteiger partial charge in [-0.3, -0.25) is 23.7 Å². The van der Waals surface area contributed by atoms with Crippen molar-refractivity contribution in [3.63, 3.8) is 0 Å². The van der Waals surface area contributed by atoms with Crippen LogP contribution in [0.2, 0.25) is 0 Å². The molecule has 3 aromatic rings. The molecule has 2 aromatic heterocycles. The van der Waals surface area contributed by atoms with Crippen LogP contribution >= 0.6 is 11.3 Å². The van der Waals surface area contributed by atoms with Crippen LogP contribution in [0.4, 0.5) is 10.8 Å². The minimum atomic E-state index is -0.385. The normalized spacial score (nSPS) is 15.8. The van der Waals surface area contributed by atoms with Gasteiger partial charge in [0, 0.05) is 30.9 Å². The predicted molar refractivity (Wildman–Crippen MR) is 130 cm³/mol. The number of nitrogens with zero attached hydrogens (tertiary/aromatic N) is 4. The highest BCUT2D eigenvalue weighted by Gasteiger charge is 2.27. The van der Waals surface area contributed by atoms with Crippen LogP contribution < -0.4 is 21.1 Å². The highest BCUT2D eigenvalue weighted by molar-refractivity contribution is 7.22. The quantitative estimate of drug-likeness (QED) is 0.494. The fourth-order valence-corrected chi connectivity index (χ4v) is 4.91. The molecule has 11 heteroatoms. The molecule has 2 N–H and O–H groups in total. The largest absolute Gasteiger partial charge is 0.356 e. The summed E-state index contributed by atoms with van der Waals surface area (Å²) >= 11 is 1.23. The zero-order chi connectivity index (χ0) is 24.2. The number of piperidine rings is 1. The van der Waals surface area contributed by atoms with Gasteiger partial charge in [0.2, 0.25) is 11.8 Å². The van der Waals surface area contributed by atoms with E-state index in [4.69, 9.17) is 0 Å². The van der Waals surface area contributed by atoms with E-state index in [-0.39, 0.29) is 35.6 Å². The lowest BCUT2D eigenvalue weighted by Gasteiger charge is -2.31. The number of amides is 2. The number of aromatic nitrogens is 3. The summed E-state index contributed by atoms with van der Waals surface area (Å²) in [4.78, 5) is 59.9. The molecule has 10 nitrogen and oxygen atoms in total. The first kappa shape index (κ1) is 23.6. The molecule has 0 radical (unpaired) electrons. The SMILES string of the molecule is CCNC(=O)[C@@H]1CCCN(c2nc3ncn(CC(=O)Nc4ccc(C(C)=O)cc4)c(=O)c3s2)C1. The number of fused-ring (bicyclic) bond motifs is 1. The number of hydrogen-bond donors (Lipinski definition) is 2. The summed E-state index contributed by atoms with van der Waals surface area (Å²) in [6.07, 6.45) is 3.01. The van der Waals surface area contributed by atoms with E-state index < -0.39 is 0 Å². The molecule has 1 atom stereocenters. The van der Waals surface area contributed by atoms with Gasteiger partial charge in [-0.1, -0.05) is 11.3 Å². The Kier molecular flexibility index (Phi) is 7.01. The Labute approximate surface area is 200 Å². The molecule has 1 aliphatic heterocycles. The minimum Gasteiger partial charge on any atom is -0.356 e. The molecule has 0 aliphatic carbocycles. The molecule has 0 unspecified atom stereocenters. The Balaban J connectivity index is 1.47. The molecule has 1 aliphatic rings. The third-order valence-electron chi connectivity index (χ3n) is 5.68. The Morgan fingerprint density at radius 3 is 2.68 bits per heavy atom. The number of rotatable bonds is 7. The second-order valence-corrected chi connectivity index (χ2v) is 9.17.